The molecule has 0 amide bonds. The molecular formula is C5H9Cl2NO2S. The fraction of sp³-hybridized carbons (Fsp3) is 0.800. The molecule has 3 nitrogen and oxygen atoms in total. The second kappa shape index (κ2) is 7.03. The SMILES string of the molecule is O=C(O)C(CSCCCl)NCl. The number of thioether (sulfide) groups is 1. The lowest BCUT2D eigenvalue weighted by atomic mass is 10.4. The van der Waals surface area contributed by atoms with Crippen molar-refractivity contribution in [1.29, 1.82) is 0 Å². The first-order valence-corrected chi connectivity index (χ1v) is 5.01. The molecule has 0 bridgehead atoms. The van der Waals surface area contributed by atoms with E-state index in [0.717, 1.165) is 5.75 Å². The number of hydrogen-bond donors (Lipinski definition) is 2. The maximum Gasteiger partial charge on any atom is 0.322 e. The number of rotatable bonds is 6. The van der Waals surface area contributed by atoms with Gasteiger partial charge in [0, 0.05) is 17.4 Å². The first-order chi connectivity index (χ1) is 5.22. The summed E-state index contributed by atoms with van der Waals surface area (Å²) in [6.07, 6.45) is 0. The van der Waals surface area contributed by atoms with Crippen LogP contribution < -0.4 is 4.84 Å². The van der Waals surface area contributed by atoms with Crippen LogP contribution in [0.1, 0.15) is 0 Å². The van der Waals surface area contributed by atoms with Crippen molar-refractivity contribution in [2.45, 2.75) is 6.04 Å². The predicted molar refractivity (Wildman–Crippen MR) is 48.5 cm³/mol. The Balaban J connectivity index is 3.44. The van der Waals surface area contributed by atoms with E-state index in [-0.39, 0.29) is 0 Å². The van der Waals surface area contributed by atoms with Crippen LogP contribution in [0, 0.1) is 0 Å². The van der Waals surface area contributed by atoms with E-state index in [9.17, 15) is 4.79 Å². The van der Waals surface area contributed by atoms with Gasteiger partial charge in [0.15, 0.2) is 0 Å². The van der Waals surface area contributed by atoms with E-state index in [1.54, 1.807) is 0 Å². The zero-order chi connectivity index (χ0) is 8.69. The van der Waals surface area contributed by atoms with Gasteiger partial charge in [0.1, 0.15) is 6.04 Å². The first kappa shape index (κ1) is 11.4. The fourth-order valence-corrected chi connectivity index (χ4v) is 1.73. The Kier molecular flexibility index (Phi) is 7.26. The zero-order valence-electron chi connectivity index (χ0n) is 5.72. The van der Waals surface area contributed by atoms with Gasteiger partial charge in [-0.3, -0.25) is 4.79 Å². The van der Waals surface area contributed by atoms with Gasteiger partial charge in [0.25, 0.3) is 0 Å². The van der Waals surface area contributed by atoms with Crippen LogP contribution in [0.15, 0.2) is 0 Å². The maximum absolute atomic E-state index is 10.3. The summed E-state index contributed by atoms with van der Waals surface area (Å²) in [5.74, 6) is 0.761. The van der Waals surface area contributed by atoms with Gasteiger partial charge in [-0.25, -0.2) is 4.84 Å². The summed E-state index contributed by atoms with van der Waals surface area (Å²) in [5, 5.41) is 8.48. The van der Waals surface area contributed by atoms with Crippen molar-refractivity contribution in [2.75, 3.05) is 17.4 Å². The number of halogens is 2. The van der Waals surface area contributed by atoms with Crippen molar-refractivity contribution >= 4 is 41.1 Å². The Bertz CT molecular complexity index is 125. The molecule has 0 aromatic rings. The van der Waals surface area contributed by atoms with E-state index in [0.29, 0.717) is 11.6 Å². The molecule has 0 rings (SSSR count). The Labute approximate surface area is 79.5 Å². The number of hydrogen-bond acceptors (Lipinski definition) is 3. The smallest absolute Gasteiger partial charge is 0.322 e. The normalized spacial score (nSPS) is 12.9. The predicted octanol–water partition coefficient (Wildman–Crippen LogP) is 1.15. The first-order valence-electron chi connectivity index (χ1n) is 2.95. The number of carbonyl (C=O) groups is 1. The zero-order valence-corrected chi connectivity index (χ0v) is 8.05. The molecular weight excluding hydrogens is 209 g/mol. The second-order valence-electron chi connectivity index (χ2n) is 1.76. The van der Waals surface area contributed by atoms with Gasteiger partial charge < -0.3 is 5.11 Å². The topological polar surface area (TPSA) is 49.3 Å². The molecule has 0 radical (unpaired) electrons. The molecule has 0 fully saturated rings. The minimum Gasteiger partial charge on any atom is -0.480 e. The maximum atomic E-state index is 10.3. The molecule has 0 aliphatic rings. The van der Waals surface area contributed by atoms with Crippen LogP contribution in [0.5, 0.6) is 0 Å². The van der Waals surface area contributed by atoms with Gasteiger partial charge in [-0.1, -0.05) is 0 Å². The summed E-state index contributed by atoms with van der Waals surface area (Å²) in [6, 6.07) is -0.690. The van der Waals surface area contributed by atoms with Gasteiger partial charge in [-0.15, -0.1) is 11.6 Å². The van der Waals surface area contributed by atoms with Gasteiger partial charge in [-0.2, -0.15) is 11.8 Å². The van der Waals surface area contributed by atoms with Gasteiger partial charge in [-0.05, 0) is 11.8 Å². The minimum absolute atomic E-state index is 0.436. The molecule has 1 unspecified atom stereocenters. The minimum atomic E-state index is -0.943. The van der Waals surface area contributed by atoms with E-state index in [1.165, 1.54) is 11.8 Å². The van der Waals surface area contributed by atoms with Crippen molar-refractivity contribution in [3.05, 3.63) is 0 Å². The molecule has 0 saturated heterocycles. The lowest BCUT2D eigenvalue weighted by Crippen LogP contribution is -2.33. The molecule has 0 heterocycles. The highest BCUT2D eigenvalue weighted by Crippen LogP contribution is 2.04. The van der Waals surface area contributed by atoms with Crippen molar-refractivity contribution in [3.63, 3.8) is 0 Å². The molecule has 1 atom stereocenters. The Morgan fingerprint density at radius 2 is 2.36 bits per heavy atom. The molecule has 0 saturated carbocycles. The van der Waals surface area contributed by atoms with E-state index < -0.39 is 12.0 Å². The molecule has 6 heteroatoms. The molecule has 0 aliphatic heterocycles. The molecule has 11 heavy (non-hydrogen) atoms. The largest absolute Gasteiger partial charge is 0.480 e. The summed E-state index contributed by atoms with van der Waals surface area (Å²) in [6.45, 7) is 0. The quantitative estimate of drug-likeness (QED) is 0.399. The summed E-state index contributed by atoms with van der Waals surface area (Å²) in [4.78, 5) is 12.5. The summed E-state index contributed by atoms with van der Waals surface area (Å²) in [7, 11) is 0. The molecule has 0 aliphatic carbocycles. The average Bonchev–Trinajstić information content (AvgIpc) is 1.97. The molecule has 0 spiro atoms. The van der Waals surface area contributed by atoms with Crippen LogP contribution >= 0.6 is 35.1 Å². The van der Waals surface area contributed by atoms with Crippen LogP contribution in [0.25, 0.3) is 0 Å². The van der Waals surface area contributed by atoms with Crippen LogP contribution in [-0.4, -0.2) is 34.5 Å². The molecule has 0 aromatic carbocycles. The third kappa shape index (κ3) is 5.61. The molecule has 0 aromatic heterocycles. The third-order valence-electron chi connectivity index (χ3n) is 0.936. The van der Waals surface area contributed by atoms with Gasteiger partial charge in [0.2, 0.25) is 0 Å². The van der Waals surface area contributed by atoms with Crippen LogP contribution in [0.4, 0.5) is 0 Å². The summed E-state index contributed by atoms with van der Waals surface area (Å²) >= 11 is 12.0. The summed E-state index contributed by atoms with van der Waals surface area (Å²) < 4.78 is 0. The monoisotopic (exact) mass is 217 g/mol. The molecule has 66 valence electrons. The number of carboxylic acids is 1. The average molecular weight is 218 g/mol. The number of alkyl halides is 1. The molecule has 2 N–H and O–H groups in total. The van der Waals surface area contributed by atoms with Crippen LogP contribution in [0.3, 0.4) is 0 Å². The van der Waals surface area contributed by atoms with Crippen molar-refractivity contribution in [3.8, 4) is 0 Å². The fourth-order valence-electron chi connectivity index (χ4n) is 0.405. The van der Waals surface area contributed by atoms with Crippen LogP contribution in [0.2, 0.25) is 0 Å². The van der Waals surface area contributed by atoms with Crippen molar-refractivity contribution in [2.24, 2.45) is 0 Å². The highest BCUT2D eigenvalue weighted by atomic mass is 35.5. The van der Waals surface area contributed by atoms with Gasteiger partial charge >= 0.3 is 5.97 Å². The van der Waals surface area contributed by atoms with E-state index in [1.807, 2.05) is 0 Å². The van der Waals surface area contributed by atoms with Crippen molar-refractivity contribution in [1.82, 2.24) is 4.84 Å². The number of nitrogens with one attached hydrogen (secondary N) is 1. The van der Waals surface area contributed by atoms with E-state index in [4.69, 9.17) is 28.5 Å². The summed E-state index contributed by atoms with van der Waals surface area (Å²) in [5.41, 5.74) is 0. The van der Waals surface area contributed by atoms with E-state index >= 15 is 0 Å². The highest BCUT2D eigenvalue weighted by Gasteiger charge is 2.14. The Morgan fingerprint density at radius 3 is 2.73 bits per heavy atom. The second-order valence-corrected chi connectivity index (χ2v) is 3.51. The Morgan fingerprint density at radius 1 is 1.73 bits per heavy atom. The number of carboxylic acid groups (broad SMARTS) is 1. The lowest BCUT2D eigenvalue weighted by Gasteiger charge is -2.07. The van der Waals surface area contributed by atoms with Crippen LogP contribution in [-0.2, 0) is 4.79 Å². The lowest BCUT2D eigenvalue weighted by molar-refractivity contribution is -0.138. The van der Waals surface area contributed by atoms with Gasteiger partial charge in [0.05, 0.1) is 0 Å². The highest BCUT2D eigenvalue weighted by molar-refractivity contribution is 7.99. The Hall–Kier alpha value is 0.360. The third-order valence-corrected chi connectivity index (χ3v) is 2.67. The van der Waals surface area contributed by atoms with E-state index in [2.05, 4.69) is 4.84 Å². The van der Waals surface area contributed by atoms with Crippen molar-refractivity contribution < 1.29 is 9.90 Å². The number of aliphatic carboxylic acids is 1. The standard InChI is InChI=1S/C5H9Cl2NO2S/c6-1-2-11-3-4(8-7)5(9)10/h4,8H,1-3H2,(H,9,10).